The number of Topliss-reactive ketones (excluding diaryl/α,β-unsaturated/α-hetero) is 2. The van der Waals surface area contributed by atoms with Gasteiger partial charge in [0.2, 0.25) is 17.7 Å². The molecule has 2 rings (SSSR count). The maximum absolute atomic E-state index is 12.2. The van der Waals surface area contributed by atoms with Crippen molar-refractivity contribution < 1.29 is 19.1 Å². The van der Waals surface area contributed by atoms with Crippen molar-refractivity contribution in [1.29, 1.82) is 0 Å². The number of rotatable bonds is 3. The average Bonchev–Trinajstić information content (AvgIpc) is 2.54. The molecule has 0 saturated heterocycles. The summed E-state index contributed by atoms with van der Waals surface area (Å²) in [7, 11) is 0. The Morgan fingerprint density at radius 2 is 1.95 bits per heavy atom. The molecule has 0 aromatic heterocycles. The zero-order valence-electron chi connectivity index (χ0n) is 11.2. The summed E-state index contributed by atoms with van der Waals surface area (Å²) in [6.45, 7) is 5.28. The SMILES string of the molecule is CC(=O)OC1C(=O)c2cccc(CC(C)C)c2C1=O. The van der Waals surface area contributed by atoms with Crippen molar-refractivity contribution in [3.05, 3.63) is 34.9 Å². The lowest BCUT2D eigenvalue weighted by molar-refractivity contribution is -0.142. The molecule has 0 saturated carbocycles. The molecule has 1 aromatic rings. The molecule has 0 spiro atoms. The van der Waals surface area contributed by atoms with Crippen molar-refractivity contribution in [3.63, 3.8) is 0 Å². The van der Waals surface area contributed by atoms with Gasteiger partial charge < -0.3 is 4.74 Å². The monoisotopic (exact) mass is 260 g/mol. The zero-order valence-corrected chi connectivity index (χ0v) is 11.2. The van der Waals surface area contributed by atoms with Crippen LogP contribution < -0.4 is 0 Å². The van der Waals surface area contributed by atoms with Gasteiger partial charge in [-0.15, -0.1) is 0 Å². The molecule has 0 aliphatic heterocycles. The van der Waals surface area contributed by atoms with Gasteiger partial charge in [-0.1, -0.05) is 32.0 Å². The summed E-state index contributed by atoms with van der Waals surface area (Å²) in [6, 6.07) is 5.22. The molecule has 19 heavy (non-hydrogen) atoms. The van der Waals surface area contributed by atoms with E-state index in [1.165, 1.54) is 6.92 Å². The Hall–Kier alpha value is -1.97. The van der Waals surface area contributed by atoms with E-state index in [1.807, 2.05) is 19.9 Å². The number of fused-ring (bicyclic) bond motifs is 1. The van der Waals surface area contributed by atoms with Gasteiger partial charge in [0.05, 0.1) is 0 Å². The van der Waals surface area contributed by atoms with Gasteiger partial charge in [-0.25, -0.2) is 0 Å². The Morgan fingerprint density at radius 3 is 2.53 bits per heavy atom. The summed E-state index contributed by atoms with van der Waals surface area (Å²) in [5.41, 5.74) is 1.64. The Balaban J connectivity index is 2.44. The number of hydrogen-bond acceptors (Lipinski definition) is 4. The minimum atomic E-state index is -1.29. The van der Waals surface area contributed by atoms with Gasteiger partial charge in [0.25, 0.3) is 0 Å². The molecule has 1 atom stereocenters. The summed E-state index contributed by atoms with van der Waals surface area (Å²) in [6.07, 6.45) is -0.574. The predicted molar refractivity (Wildman–Crippen MR) is 69.2 cm³/mol. The minimum Gasteiger partial charge on any atom is -0.446 e. The fraction of sp³-hybridized carbons (Fsp3) is 0.400. The number of carbonyl (C=O) groups excluding carboxylic acids is 3. The molecule has 4 nitrogen and oxygen atoms in total. The van der Waals surface area contributed by atoms with Crippen LogP contribution in [0.4, 0.5) is 0 Å². The summed E-state index contributed by atoms with van der Waals surface area (Å²) in [5.74, 6) is -1.06. The fourth-order valence-corrected chi connectivity index (χ4v) is 2.37. The normalized spacial score (nSPS) is 17.8. The number of ether oxygens (including phenoxy) is 1. The lowest BCUT2D eigenvalue weighted by Crippen LogP contribution is -2.28. The molecule has 1 aliphatic carbocycles. The van der Waals surface area contributed by atoms with Crippen LogP contribution in [0.2, 0.25) is 0 Å². The third kappa shape index (κ3) is 2.43. The third-order valence-electron chi connectivity index (χ3n) is 3.05. The fourth-order valence-electron chi connectivity index (χ4n) is 2.37. The summed E-state index contributed by atoms with van der Waals surface area (Å²) < 4.78 is 4.84. The van der Waals surface area contributed by atoms with Crippen LogP contribution >= 0.6 is 0 Å². The van der Waals surface area contributed by atoms with Gasteiger partial charge in [-0.3, -0.25) is 14.4 Å². The third-order valence-corrected chi connectivity index (χ3v) is 3.05. The number of ketones is 2. The van der Waals surface area contributed by atoms with E-state index in [4.69, 9.17) is 4.74 Å². The molecular formula is C15H16O4. The van der Waals surface area contributed by atoms with Crippen LogP contribution in [-0.2, 0) is 16.0 Å². The van der Waals surface area contributed by atoms with Crippen molar-refractivity contribution in [2.75, 3.05) is 0 Å². The van der Waals surface area contributed by atoms with Crippen LogP contribution in [0.3, 0.4) is 0 Å². The summed E-state index contributed by atoms with van der Waals surface area (Å²) in [4.78, 5) is 35.3. The van der Waals surface area contributed by atoms with Crippen LogP contribution in [0.25, 0.3) is 0 Å². The van der Waals surface area contributed by atoms with E-state index in [0.29, 0.717) is 17.0 Å². The van der Waals surface area contributed by atoms with E-state index in [9.17, 15) is 14.4 Å². The van der Waals surface area contributed by atoms with Gasteiger partial charge in [-0.05, 0) is 17.9 Å². The second-order valence-electron chi connectivity index (χ2n) is 5.16. The topological polar surface area (TPSA) is 60.4 Å². The van der Waals surface area contributed by atoms with Crippen LogP contribution in [0.5, 0.6) is 0 Å². The molecule has 1 unspecified atom stereocenters. The first-order valence-corrected chi connectivity index (χ1v) is 6.29. The van der Waals surface area contributed by atoms with Gasteiger partial charge in [-0.2, -0.15) is 0 Å². The molecule has 0 bridgehead atoms. The lowest BCUT2D eigenvalue weighted by atomic mass is 9.95. The second-order valence-corrected chi connectivity index (χ2v) is 5.16. The highest BCUT2D eigenvalue weighted by Gasteiger charge is 2.42. The highest BCUT2D eigenvalue weighted by atomic mass is 16.5. The van der Waals surface area contributed by atoms with Crippen molar-refractivity contribution >= 4 is 17.5 Å². The maximum Gasteiger partial charge on any atom is 0.303 e. The Morgan fingerprint density at radius 1 is 1.26 bits per heavy atom. The molecule has 0 amide bonds. The van der Waals surface area contributed by atoms with Gasteiger partial charge in [0.1, 0.15) is 0 Å². The zero-order chi connectivity index (χ0) is 14.2. The maximum atomic E-state index is 12.2. The largest absolute Gasteiger partial charge is 0.446 e. The van der Waals surface area contributed by atoms with Crippen molar-refractivity contribution in [2.24, 2.45) is 5.92 Å². The van der Waals surface area contributed by atoms with Crippen molar-refractivity contribution in [3.8, 4) is 0 Å². The van der Waals surface area contributed by atoms with Crippen LogP contribution in [0, 0.1) is 5.92 Å². The lowest BCUT2D eigenvalue weighted by Gasteiger charge is -2.09. The molecule has 0 heterocycles. The number of carbonyl (C=O) groups is 3. The van der Waals surface area contributed by atoms with E-state index in [1.54, 1.807) is 12.1 Å². The number of benzene rings is 1. The number of esters is 1. The molecule has 100 valence electrons. The first-order chi connectivity index (χ1) is 8.91. The minimum absolute atomic E-state index is 0.370. The first-order valence-electron chi connectivity index (χ1n) is 6.29. The average molecular weight is 260 g/mol. The van der Waals surface area contributed by atoms with E-state index in [2.05, 4.69) is 0 Å². The van der Waals surface area contributed by atoms with Crippen LogP contribution in [-0.4, -0.2) is 23.6 Å². The van der Waals surface area contributed by atoms with Gasteiger partial charge >= 0.3 is 5.97 Å². The summed E-state index contributed by atoms with van der Waals surface area (Å²) >= 11 is 0. The van der Waals surface area contributed by atoms with Crippen molar-refractivity contribution in [1.82, 2.24) is 0 Å². The quantitative estimate of drug-likeness (QED) is 0.617. The van der Waals surface area contributed by atoms with E-state index in [-0.39, 0.29) is 0 Å². The molecule has 0 fully saturated rings. The number of hydrogen-bond donors (Lipinski definition) is 0. The van der Waals surface area contributed by atoms with E-state index >= 15 is 0 Å². The molecule has 1 aliphatic rings. The Bertz CT molecular complexity index is 557. The smallest absolute Gasteiger partial charge is 0.303 e. The highest BCUT2D eigenvalue weighted by molar-refractivity contribution is 6.29. The molecule has 4 heteroatoms. The molecule has 0 radical (unpaired) electrons. The predicted octanol–water partition coefficient (Wildman–Crippen LogP) is 2.20. The van der Waals surface area contributed by atoms with E-state index in [0.717, 1.165) is 12.0 Å². The van der Waals surface area contributed by atoms with Crippen LogP contribution in [0.15, 0.2) is 18.2 Å². The Labute approximate surface area is 111 Å². The molecule has 1 aromatic carbocycles. The first kappa shape index (κ1) is 13.5. The van der Waals surface area contributed by atoms with Crippen LogP contribution in [0.1, 0.15) is 47.1 Å². The standard InChI is InChI=1S/C15H16O4/c1-8(2)7-10-5-4-6-11-12(10)14(18)15(13(11)17)19-9(3)16/h4-6,8,15H,7H2,1-3H3. The van der Waals surface area contributed by atoms with Gasteiger partial charge in [0, 0.05) is 18.1 Å². The molecule has 0 N–H and O–H groups in total. The Kier molecular flexibility index (Phi) is 3.51. The summed E-state index contributed by atoms with van der Waals surface area (Å²) in [5, 5.41) is 0. The van der Waals surface area contributed by atoms with Crippen molar-refractivity contribution in [2.45, 2.75) is 33.3 Å². The van der Waals surface area contributed by atoms with E-state index < -0.39 is 23.6 Å². The molecular weight excluding hydrogens is 244 g/mol. The highest BCUT2D eigenvalue weighted by Crippen LogP contribution is 2.29. The van der Waals surface area contributed by atoms with Gasteiger partial charge in [0.15, 0.2) is 0 Å². The second kappa shape index (κ2) is 4.96.